The van der Waals surface area contributed by atoms with Crippen LogP contribution in [0.2, 0.25) is 0 Å². The molecule has 2 heterocycles. The highest BCUT2D eigenvalue weighted by Gasteiger charge is 2.35. The summed E-state index contributed by atoms with van der Waals surface area (Å²) in [7, 11) is 0. The van der Waals surface area contributed by atoms with Crippen LogP contribution in [-0.4, -0.2) is 24.3 Å². The Morgan fingerprint density at radius 2 is 2.46 bits per heavy atom. The van der Waals surface area contributed by atoms with Gasteiger partial charge in [-0.2, -0.15) is 0 Å². The Balaban J connectivity index is 2.18. The summed E-state index contributed by atoms with van der Waals surface area (Å²) in [5.74, 6) is -0.944. The molecule has 1 atom stereocenters. The zero-order valence-corrected chi connectivity index (χ0v) is 7.79. The van der Waals surface area contributed by atoms with E-state index in [2.05, 4.69) is 0 Å². The molecular formula is C9H10O3S. The van der Waals surface area contributed by atoms with Gasteiger partial charge in [-0.3, -0.25) is 4.79 Å². The first-order valence-corrected chi connectivity index (χ1v) is 5.01. The van der Waals surface area contributed by atoms with E-state index in [9.17, 15) is 4.79 Å². The van der Waals surface area contributed by atoms with Crippen molar-refractivity contribution in [2.45, 2.75) is 5.92 Å². The van der Waals surface area contributed by atoms with E-state index in [1.165, 1.54) is 11.3 Å². The van der Waals surface area contributed by atoms with Gasteiger partial charge in [0.05, 0.1) is 19.1 Å². The van der Waals surface area contributed by atoms with E-state index in [1.807, 2.05) is 17.5 Å². The molecule has 1 fully saturated rings. The molecular weight excluding hydrogens is 188 g/mol. The Kier molecular flexibility index (Phi) is 2.33. The first-order chi connectivity index (χ1) is 6.29. The maximum Gasteiger partial charge on any atom is 0.312 e. The number of carbonyl (C=O) groups is 1. The third kappa shape index (κ3) is 1.59. The highest BCUT2D eigenvalue weighted by Crippen LogP contribution is 2.32. The second-order valence-electron chi connectivity index (χ2n) is 3.13. The van der Waals surface area contributed by atoms with Crippen molar-refractivity contribution in [1.29, 1.82) is 0 Å². The van der Waals surface area contributed by atoms with E-state index in [1.54, 1.807) is 0 Å². The van der Waals surface area contributed by atoms with Crippen LogP contribution in [0, 0.1) is 5.92 Å². The van der Waals surface area contributed by atoms with Gasteiger partial charge >= 0.3 is 5.97 Å². The minimum atomic E-state index is -0.740. The van der Waals surface area contributed by atoms with Crippen molar-refractivity contribution in [2.75, 3.05) is 13.2 Å². The first-order valence-electron chi connectivity index (χ1n) is 4.13. The number of hydrogen-bond acceptors (Lipinski definition) is 3. The Morgan fingerprint density at radius 3 is 2.85 bits per heavy atom. The molecule has 2 rings (SSSR count). The summed E-state index contributed by atoms with van der Waals surface area (Å²) in [5.41, 5.74) is 0. The minimum Gasteiger partial charge on any atom is -0.481 e. The number of ether oxygens (including phenoxy) is 1. The fourth-order valence-electron chi connectivity index (χ4n) is 1.47. The number of carboxylic acids is 1. The fourth-order valence-corrected chi connectivity index (χ4v) is 2.38. The molecule has 4 heteroatoms. The predicted octanol–water partition coefficient (Wildman–Crippen LogP) is 1.56. The van der Waals surface area contributed by atoms with Crippen LogP contribution in [-0.2, 0) is 9.53 Å². The summed E-state index contributed by atoms with van der Waals surface area (Å²) in [5, 5.41) is 10.9. The van der Waals surface area contributed by atoms with E-state index in [0.717, 1.165) is 4.88 Å². The van der Waals surface area contributed by atoms with Crippen LogP contribution >= 0.6 is 11.3 Å². The van der Waals surface area contributed by atoms with Gasteiger partial charge in [0.15, 0.2) is 0 Å². The molecule has 13 heavy (non-hydrogen) atoms. The maximum atomic E-state index is 11.0. The van der Waals surface area contributed by atoms with Gasteiger partial charge < -0.3 is 9.84 Å². The van der Waals surface area contributed by atoms with E-state index in [4.69, 9.17) is 9.84 Å². The zero-order chi connectivity index (χ0) is 9.26. The van der Waals surface area contributed by atoms with Crippen LogP contribution in [0.25, 0.3) is 0 Å². The quantitative estimate of drug-likeness (QED) is 0.801. The molecule has 1 aromatic rings. The zero-order valence-electron chi connectivity index (χ0n) is 6.97. The molecule has 1 saturated heterocycles. The molecule has 1 N–H and O–H groups in total. The van der Waals surface area contributed by atoms with Gasteiger partial charge in [-0.1, -0.05) is 6.07 Å². The molecule has 1 aromatic heterocycles. The van der Waals surface area contributed by atoms with E-state index in [0.29, 0.717) is 13.2 Å². The molecule has 3 nitrogen and oxygen atoms in total. The average Bonchev–Trinajstić information content (AvgIpc) is 2.46. The van der Waals surface area contributed by atoms with Gasteiger partial charge in [-0.05, 0) is 11.4 Å². The average molecular weight is 198 g/mol. The predicted molar refractivity (Wildman–Crippen MR) is 49.0 cm³/mol. The summed E-state index contributed by atoms with van der Waals surface area (Å²) < 4.78 is 5.01. The number of carboxylic acid groups (broad SMARTS) is 1. The number of rotatable bonds is 3. The van der Waals surface area contributed by atoms with Crippen LogP contribution in [0.4, 0.5) is 0 Å². The standard InChI is InChI=1S/C9H10O3S/c10-9(11)8(6-4-12-5-6)7-2-1-3-13-7/h1-3,6,8H,4-5H2,(H,10,11). The van der Waals surface area contributed by atoms with Crippen molar-refractivity contribution in [3.05, 3.63) is 22.4 Å². The molecule has 0 saturated carbocycles. The molecule has 0 amide bonds. The lowest BCUT2D eigenvalue weighted by molar-refractivity contribution is -0.145. The van der Waals surface area contributed by atoms with E-state index < -0.39 is 5.97 Å². The van der Waals surface area contributed by atoms with Crippen LogP contribution in [0.3, 0.4) is 0 Å². The molecule has 0 aliphatic carbocycles. The molecule has 1 aliphatic heterocycles. The Morgan fingerprint density at radius 1 is 1.69 bits per heavy atom. The Labute approximate surface area is 80.0 Å². The number of thiophene rings is 1. The molecule has 0 aromatic carbocycles. The number of aliphatic carboxylic acids is 1. The molecule has 1 unspecified atom stereocenters. The molecule has 0 radical (unpaired) electrons. The third-order valence-corrected chi connectivity index (χ3v) is 3.21. The molecule has 0 bridgehead atoms. The minimum absolute atomic E-state index is 0.163. The lowest BCUT2D eigenvalue weighted by atomic mass is 9.89. The molecule has 70 valence electrons. The summed E-state index contributed by atoms with van der Waals surface area (Å²) in [6, 6.07) is 3.76. The SMILES string of the molecule is O=C(O)C(c1cccs1)C1COC1. The molecule has 1 aliphatic rings. The normalized spacial score (nSPS) is 19.4. The second-order valence-corrected chi connectivity index (χ2v) is 4.11. The van der Waals surface area contributed by atoms with Gasteiger partial charge in [-0.25, -0.2) is 0 Å². The number of hydrogen-bond donors (Lipinski definition) is 1. The van der Waals surface area contributed by atoms with Crippen molar-refractivity contribution >= 4 is 17.3 Å². The van der Waals surface area contributed by atoms with Crippen LogP contribution < -0.4 is 0 Å². The Bertz CT molecular complexity index is 290. The van der Waals surface area contributed by atoms with E-state index in [-0.39, 0.29) is 11.8 Å². The Hall–Kier alpha value is -0.870. The van der Waals surface area contributed by atoms with Crippen molar-refractivity contribution in [3.63, 3.8) is 0 Å². The largest absolute Gasteiger partial charge is 0.481 e. The maximum absolute atomic E-state index is 11.0. The first kappa shape index (κ1) is 8.72. The van der Waals surface area contributed by atoms with E-state index >= 15 is 0 Å². The van der Waals surface area contributed by atoms with Crippen molar-refractivity contribution in [2.24, 2.45) is 5.92 Å². The van der Waals surface area contributed by atoms with Gasteiger partial charge in [0.25, 0.3) is 0 Å². The monoisotopic (exact) mass is 198 g/mol. The third-order valence-electron chi connectivity index (χ3n) is 2.25. The molecule has 0 spiro atoms. The summed E-state index contributed by atoms with van der Waals surface area (Å²) >= 11 is 1.50. The van der Waals surface area contributed by atoms with Gasteiger partial charge in [0, 0.05) is 10.8 Å². The van der Waals surface area contributed by atoms with Crippen LogP contribution in [0.1, 0.15) is 10.8 Å². The van der Waals surface area contributed by atoms with Gasteiger partial charge in [-0.15, -0.1) is 11.3 Å². The van der Waals surface area contributed by atoms with Crippen molar-refractivity contribution in [3.8, 4) is 0 Å². The van der Waals surface area contributed by atoms with Crippen LogP contribution in [0.5, 0.6) is 0 Å². The highest BCUT2D eigenvalue weighted by atomic mass is 32.1. The van der Waals surface area contributed by atoms with Gasteiger partial charge in [0.1, 0.15) is 0 Å². The fraction of sp³-hybridized carbons (Fsp3) is 0.444. The lowest BCUT2D eigenvalue weighted by Crippen LogP contribution is -2.36. The summed E-state index contributed by atoms with van der Waals surface area (Å²) in [6.07, 6.45) is 0. The summed E-state index contributed by atoms with van der Waals surface area (Å²) in [4.78, 5) is 11.9. The van der Waals surface area contributed by atoms with Gasteiger partial charge in [0.2, 0.25) is 0 Å². The van der Waals surface area contributed by atoms with Crippen LogP contribution in [0.15, 0.2) is 17.5 Å². The summed E-state index contributed by atoms with van der Waals surface area (Å²) in [6.45, 7) is 1.16. The highest BCUT2D eigenvalue weighted by molar-refractivity contribution is 7.10. The lowest BCUT2D eigenvalue weighted by Gasteiger charge is -2.30. The topological polar surface area (TPSA) is 46.5 Å². The second kappa shape index (κ2) is 3.47. The smallest absolute Gasteiger partial charge is 0.312 e. The van der Waals surface area contributed by atoms with Crippen molar-refractivity contribution < 1.29 is 14.6 Å². The van der Waals surface area contributed by atoms with Crippen molar-refractivity contribution in [1.82, 2.24) is 0 Å².